The summed E-state index contributed by atoms with van der Waals surface area (Å²) >= 11 is 3.04. The molecule has 0 bridgehead atoms. The summed E-state index contributed by atoms with van der Waals surface area (Å²) in [5, 5.41) is 17.0. The largest absolute Gasteiger partial charge is 0.334 e. The summed E-state index contributed by atoms with van der Waals surface area (Å²) in [6.45, 7) is 0. The van der Waals surface area contributed by atoms with Crippen LogP contribution in [0.25, 0.3) is 22.8 Å². The lowest BCUT2D eigenvalue weighted by Gasteiger charge is -2.02. The van der Waals surface area contributed by atoms with Gasteiger partial charge in [0, 0.05) is 18.0 Å². The molecule has 0 N–H and O–H groups in total. The molecule has 126 valence electrons. The SMILES string of the molecule is Cn1c(SCc2noc(-c3ccsc3)n2)nnc1-c1ccc(F)cc1. The number of halogens is 1. The van der Waals surface area contributed by atoms with Crippen LogP contribution in [0.4, 0.5) is 4.39 Å². The average Bonchev–Trinajstić information content (AvgIpc) is 3.35. The van der Waals surface area contributed by atoms with Crippen LogP contribution in [-0.2, 0) is 12.8 Å². The van der Waals surface area contributed by atoms with E-state index in [0.717, 1.165) is 16.3 Å². The summed E-state index contributed by atoms with van der Waals surface area (Å²) in [5.74, 6) is 2.02. The number of aromatic nitrogens is 5. The van der Waals surface area contributed by atoms with Gasteiger partial charge in [-0.3, -0.25) is 0 Å². The summed E-state index contributed by atoms with van der Waals surface area (Å²) in [7, 11) is 1.87. The van der Waals surface area contributed by atoms with Crippen molar-refractivity contribution in [2.45, 2.75) is 10.9 Å². The zero-order valence-electron chi connectivity index (χ0n) is 13.1. The van der Waals surface area contributed by atoms with E-state index in [0.29, 0.717) is 23.3 Å². The second-order valence-corrected chi connectivity index (χ2v) is 6.91. The average molecular weight is 373 g/mol. The molecule has 0 aliphatic heterocycles. The van der Waals surface area contributed by atoms with Gasteiger partial charge >= 0.3 is 0 Å². The zero-order chi connectivity index (χ0) is 17.2. The van der Waals surface area contributed by atoms with Gasteiger partial charge in [-0.15, -0.1) is 10.2 Å². The van der Waals surface area contributed by atoms with E-state index in [-0.39, 0.29) is 5.82 Å². The Morgan fingerprint density at radius 2 is 2.00 bits per heavy atom. The van der Waals surface area contributed by atoms with E-state index in [1.54, 1.807) is 23.5 Å². The molecule has 0 amide bonds. The molecule has 0 saturated heterocycles. The first kappa shape index (κ1) is 16.0. The minimum atomic E-state index is -0.279. The first-order valence-corrected chi connectivity index (χ1v) is 9.27. The van der Waals surface area contributed by atoms with Crippen LogP contribution >= 0.6 is 23.1 Å². The Bertz CT molecular complexity index is 979. The van der Waals surface area contributed by atoms with Crippen LogP contribution in [0.15, 0.2) is 50.8 Å². The summed E-state index contributed by atoms with van der Waals surface area (Å²) in [6, 6.07) is 8.11. The lowest BCUT2D eigenvalue weighted by atomic mass is 10.2. The number of nitrogens with zero attached hydrogens (tertiary/aromatic N) is 5. The van der Waals surface area contributed by atoms with Crippen molar-refractivity contribution in [2.24, 2.45) is 7.05 Å². The van der Waals surface area contributed by atoms with Crippen LogP contribution in [0.2, 0.25) is 0 Å². The molecule has 3 heterocycles. The smallest absolute Gasteiger partial charge is 0.258 e. The highest BCUT2D eigenvalue weighted by atomic mass is 32.2. The van der Waals surface area contributed by atoms with Gasteiger partial charge in [0.1, 0.15) is 5.82 Å². The Labute approximate surface area is 150 Å². The molecule has 1 aromatic carbocycles. The first-order valence-electron chi connectivity index (χ1n) is 7.34. The minimum Gasteiger partial charge on any atom is -0.334 e. The van der Waals surface area contributed by atoms with Crippen LogP contribution in [0.5, 0.6) is 0 Å². The highest BCUT2D eigenvalue weighted by Gasteiger charge is 2.14. The van der Waals surface area contributed by atoms with Gasteiger partial charge in [0.2, 0.25) is 0 Å². The van der Waals surface area contributed by atoms with Crippen molar-refractivity contribution in [1.29, 1.82) is 0 Å². The predicted octanol–water partition coefficient (Wildman–Crippen LogP) is 4.03. The summed E-state index contributed by atoms with van der Waals surface area (Å²) < 4.78 is 20.2. The fourth-order valence-electron chi connectivity index (χ4n) is 2.24. The van der Waals surface area contributed by atoms with Crippen molar-refractivity contribution in [1.82, 2.24) is 24.9 Å². The van der Waals surface area contributed by atoms with Crippen LogP contribution in [-0.4, -0.2) is 24.9 Å². The van der Waals surface area contributed by atoms with Crippen molar-refractivity contribution < 1.29 is 8.91 Å². The Kier molecular flexibility index (Phi) is 4.33. The molecule has 0 spiro atoms. The summed E-state index contributed by atoms with van der Waals surface area (Å²) in [5.41, 5.74) is 1.73. The minimum absolute atomic E-state index is 0.279. The number of thioether (sulfide) groups is 1. The van der Waals surface area contributed by atoms with E-state index in [2.05, 4.69) is 20.3 Å². The van der Waals surface area contributed by atoms with Crippen molar-refractivity contribution in [3.63, 3.8) is 0 Å². The van der Waals surface area contributed by atoms with E-state index in [9.17, 15) is 4.39 Å². The van der Waals surface area contributed by atoms with Crippen LogP contribution in [0.3, 0.4) is 0 Å². The van der Waals surface area contributed by atoms with Crippen molar-refractivity contribution in [3.8, 4) is 22.8 Å². The third-order valence-corrected chi connectivity index (χ3v) is 5.20. The van der Waals surface area contributed by atoms with Gasteiger partial charge in [-0.1, -0.05) is 16.9 Å². The number of rotatable bonds is 5. The summed E-state index contributed by atoms with van der Waals surface area (Å²) in [4.78, 5) is 4.38. The highest BCUT2D eigenvalue weighted by Crippen LogP contribution is 2.26. The second-order valence-electron chi connectivity index (χ2n) is 5.19. The van der Waals surface area contributed by atoms with Crippen molar-refractivity contribution in [2.75, 3.05) is 0 Å². The quantitative estimate of drug-likeness (QED) is 0.492. The molecule has 0 fully saturated rings. The number of hydrogen-bond donors (Lipinski definition) is 0. The molecule has 3 aromatic heterocycles. The maximum Gasteiger partial charge on any atom is 0.258 e. The lowest BCUT2D eigenvalue weighted by molar-refractivity contribution is 0.425. The molecule has 0 saturated carbocycles. The molecular formula is C16H12FN5OS2. The molecule has 9 heteroatoms. The Morgan fingerprint density at radius 3 is 2.76 bits per heavy atom. The van der Waals surface area contributed by atoms with Gasteiger partial charge in [0.15, 0.2) is 16.8 Å². The van der Waals surface area contributed by atoms with E-state index < -0.39 is 0 Å². The lowest BCUT2D eigenvalue weighted by Crippen LogP contribution is -1.95. The fourth-order valence-corrected chi connectivity index (χ4v) is 3.62. The molecule has 25 heavy (non-hydrogen) atoms. The van der Waals surface area contributed by atoms with Gasteiger partial charge in [-0.05, 0) is 35.7 Å². The standard InChI is InChI=1S/C16H12FN5OS2/c1-22-14(10-2-4-12(17)5-3-10)19-20-16(22)25-9-13-18-15(23-21-13)11-6-7-24-8-11/h2-8H,9H2,1H3. The van der Waals surface area contributed by atoms with Crippen molar-refractivity contribution >= 4 is 23.1 Å². The van der Waals surface area contributed by atoms with Crippen LogP contribution < -0.4 is 0 Å². The van der Waals surface area contributed by atoms with Gasteiger partial charge in [0.05, 0.1) is 11.3 Å². The van der Waals surface area contributed by atoms with E-state index >= 15 is 0 Å². The molecule has 0 aliphatic carbocycles. The topological polar surface area (TPSA) is 69.6 Å². The number of benzene rings is 1. The molecule has 0 aliphatic rings. The molecule has 4 rings (SSSR count). The second kappa shape index (κ2) is 6.77. The van der Waals surface area contributed by atoms with Gasteiger partial charge in [0.25, 0.3) is 5.89 Å². The summed E-state index contributed by atoms with van der Waals surface area (Å²) in [6.07, 6.45) is 0. The normalized spacial score (nSPS) is 11.1. The van der Waals surface area contributed by atoms with E-state index in [1.807, 2.05) is 28.4 Å². The predicted molar refractivity (Wildman–Crippen MR) is 93.6 cm³/mol. The maximum atomic E-state index is 13.1. The van der Waals surface area contributed by atoms with Gasteiger partial charge in [-0.25, -0.2) is 4.39 Å². The number of hydrogen-bond acceptors (Lipinski definition) is 7. The van der Waals surface area contributed by atoms with Crippen molar-refractivity contribution in [3.05, 3.63) is 52.7 Å². The third kappa shape index (κ3) is 3.33. The van der Waals surface area contributed by atoms with Crippen LogP contribution in [0, 0.1) is 5.82 Å². The Morgan fingerprint density at radius 1 is 1.16 bits per heavy atom. The molecule has 6 nitrogen and oxygen atoms in total. The van der Waals surface area contributed by atoms with Gasteiger partial charge in [-0.2, -0.15) is 16.3 Å². The third-order valence-electron chi connectivity index (χ3n) is 3.50. The Hall–Kier alpha value is -2.52. The number of thiophene rings is 1. The molecule has 0 unspecified atom stereocenters. The Balaban J connectivity index is 1.48. The highest BCUT2D eigenvalue weighted by molar-refractivity contribution is 7.98. The first-order chi connectivity index (χ1) is 12.2. The molecule has 4 aromatic rings. The molecular weight excluding hydrogens is 361 g/mol. The fraction of sp³-hybridized carbons (Fsp3) is 0.125. The monoisotopic (exact) mass is 373 g/mol. The maximum absolute atomic E-state index is 13.1. The zero-order valence-corrected chi connectivity index (χ0v) is 14.7. The van der Waals surface area contributed by atoms with Gasteiger partial charge < -0.3 is 9.09 Å². The van der Waals surface area contributed by atoms with E-state index in [4.69, 9.17) is 4.52 Å². The molecule has 0 radical (unpaired) electrons. The van der Waals surface area contributed by atoms with Crippen LogP contribution in [0.1, 0.15) is 5.82 Å². The molecule has 0 atom stereocenters. The van der Waals surface area contributed by atoms with E-state index in [1.165, 1.54) is 23.9 Å².